The Balaban J connectivity index is 0.829. The monoisotopic (exact) mass is 884 g/mol. The minimum Gasteiger partial charge on any atom is -0.678 e. The van der Waals surface area contributed by atoms with Crippen LogP contribution >= 0.6 is 0 Å². The molecule has 0 saturated carbocycles. The van der Waals surface area contributed by atoms with Gasteiger partial charge in [0, 0.05) is 11.8 Å². The van der Waals surface area contributed by atoms with Crippen molar-refractivity contribution in [3.05, 3.63) is 312 Å². The van der Waals surface area contributed by atoms with E-state index in [-0.39, 0.29) is 12.0 Å². The first kappa shape index (κ1) is 43.3. The highest BCUT2D eigenvalue weighted by Gasteiger charge is 2.19. The average molecular weight is 885 g/mol. The van der Waals surface area contributed by atoms with Crippen LogP contribution in [0.25, 0.3) is 66.6 Å². The molecule has 1 aliphatic heterocycles. The third-order valence-electron chi connectivity index (χ3n) is 14.0. The second-order valence-electron chi connectivity index (χ2n) is 18.4. The van der Waals surface area contributed by atoms with Crippen molar-refractivity contribution in [2.75, 3.05) is 0 Å². The van der Waals surface area contributed by atoms with E-state index in [1.807, 2.05) is 0 Å². The van der Waals surface area contributed by atoms with E-state index in [4.69, 9.17) is 5.32 Å². The SMILES string of the molecule is C1=C(c2ccc(-c3ccc(CCC(c4ccc(-c5cccc(-c6ccccc6)c5)cc4)c4ccc(-c5cccc(-c6ccccc6)c5)cc4)cc3)cc2)[N-]C(c2ccccc2)CC1c1ccccc1. The van der Waals surface area contributed by atoms with Crippen molar-refractivity contribution in [1.82, 2.24) is 0 Å². The van der Waals surface area contributed by atoms with E-state index in [9.17, 15) is 0 Å². The van der Waals surface area contributed by atoms with Crippen LogP contribution in [0.5, 0.6) is 0 Å². The second-order valence-corrected chi connectivity index (χ2v) is 18.4. The highest BCUT2D eigenvalue weighted by molar-refractivity contribution is 5.79. The molecule has 0 amide bonds. The maximum absolute atomic E-state index is 5.31. The Bertz CT molecular complexity index is 3140. The molecule has 0 aromatic heterocycles. The molecule has 11 rings (SSSR count). The topological polar surface area (TPSA) is 14.1 Å². The molecule has 10 aromatic rings. The van der Waals surface area contributed by atoms with Crippen LogP contribution in [-0.4, -0.2) is 0 Å². The van der Waals surface area contributed by atoms with Gasteiger partial charge in [0.05, 0.1) is 0 Å². The first-order valence-corrected chi connectivity index (χ1v) is 24.4. The summed E-state index contributed by atoms with van der Waals surface area (Å²) in [7, 11) is 0. The smallest absolute Gasteiger partial charge is 0.00925 e. The normalized spacial score (nSPS) is 14.5. The van der Waals surface area contributed by atoms with Crippen LogP contribution in [0.15, 0.2) is 273 Å². The Morgan fingerprint density at radius 3 is 1.17 bits per heavy atom. The summed E-state index contributed by atoms with van der Waals surface area (Å²) >= 11 is 0. The molecule has 0 fully saturated rings. The second kappa shape index (κ2) is 20.3. The van der Waals surface area contributed by atoms with Gasteiger partial charge in [0.1, 0.15) is 0 Å². The van der Waals surface area contributed by atoms with Gasteiger partial charge in [-0.1, -0.05) is 279 Å². The quantitative estimate of drug-likeness (QED) is 0.110. The summed E-state index contributed by atoms with van der Waals surface area (Å²) in [5, 5.41) is 5.31. The molecule has 69 heavy (non-hydrogen) atoms. The number of allylic oxidation sites excluding steroid dienone is 1. The van der Waals surface area contributed by atoms with Gasteiger partial charge in [-0.15, -0.1) is 5.70 Å². The van der Waals surface area contributed by atoms with E-state index < -0.39 is 0 Å². The Morgan fingerprint density at radius 2 is 0.696 bits per heavy atom. The van der Waals surface area contributed by atoms with Gasteiger partial charge in [-0.05, 0) is 108 Å². The molecule has 0 bridgehead atoms. The standard InChI is InChI=1S/C68H54N/c1-5-15-50(16-6-1)61-23-13-25-63(45-61)55-32-38-57(39-33-55)66(58-40-34-56(35-41-58)64-26-14-24-62(46-64)51-17-7-2-8-18-51)44-29-49-27-30-53(31-28-49)54-36-42-60(43-37-54)68-48-65(52-19-9-3-10-20-52)47-67(69-68)59-21-11-4-12-22-59/h1-28,30-43,45-46,48,65-67H,29,44,47H2/q-1. The van der Waals surface area contributed by atoms with Crippen LogP contribution < -0.4 is 0 Å². The van der Waals surface area contributed by atoms with E-state index in [2.05, 4.69) is 273 Å². The Morgan fingerprint density at radius 1 is 0.333 bits per heavy atom. The molecule has 0 saturated heterocycles. The summed E-state index contributed by atoms with van der Waals surface area (Å²) in [5.41, 5.74) is 21.1. The summed E-state index contributed by atoms with van der Waals surface area (Å²) in [6, 6.07) is 97.6. The van der Waals surface area contributed by atoms with Crippen molar-refractivity contribution < 1.29 is 0 Å². The zero-order valence-corrected chi connectivity index (χ0v) is 38.8. The van der Waals surface area contributed by atoms with E-state index in [1.54, 1.807) is 0 Å². The lowest BCUT2D eigenvalue weighted by Crippen LogP contribution is -2.10. The van der Waals surface area contributed by atoms with Crippen LogP contribution in [0.2, 0.25) is 0 Å². The molecule has 0 N–H and O–H groups in total. The predicted molar refractivity (Wildman–Crippen MR) is 291 cm³/mol. The molecule has 0 spiro atoms. The first-order valence-electron chi connectivity index (χ1n) is 24.4. The van der Waals surface area contributed by atoms with Gasteiger partial charge < -0.3 is 5.32 Å². The van der Waals surface area contributed by atoms with Crippen LogP contribution in [-0.2, 0) is 6.42 Å². The fourth-order valence-electron chi connectivity index (χ4n) is 10.1. The van der Waals surface area contributed by atoms with Gasteiger partial charge in [-0.25, -0.2) is 0 Å². The van der Waals surface area contributed by atoms with Crippen molar-refractivity contribution >= 4 is 5.70 Å². The minimum atomic E-state index is 0.118. The molecule has 2 atom stereocenters. The van der Waals surface area contributed by atoms with Crippen molar-refractivity contribution in [3.8, 4) is 55.6 Å². The van der Waals surface area contributed by atoms with E-state index in [1.165, 1.54) is 83.5 Å². The molecule has 10 aromatic carbocycles. The van der Waals surface area contributed by atoms with E-state index in [0.29, 0.717) is 5.92 Å². The van der Waals surface area contributed by atoms with Gasteiger partial charge in [-0.2, -0.15) is 0 Å². The molecular formula is C68H54N-. The summed E-state index contributed by atoms with van der Waals surface area (Å²) in [6.45, 7) is 0. The van der Waals surface area contributed by atoms with Crippen molar-refractivity contribution in [2.24, 2.45) is 0 Å². The lowest BCUT2D eigenvalue weighted by molar-refractivity contribution is 0.645. The van der Waals surface area contributed by atoms with E-state index in [0.717, 1.165) is 30.5 Å². The van der Waals surface area contributed by atoms with Gasteiger partial charge in [-0.3, -0.25) is 0 Å². The zero-order chi connectivity index (χ0) is 46.2. The summed E-state index contributed by atoms with van der Waals surface area (Å²) in [6.07, 6.45) is 5.29. The van der Waals surface area contributed by atoms with Gasteiger partial charge >= 0.3 is 0 Å². The molecule has 1 nitrogen and oxygen atoms in total. The highest BCUT2D eigenvalue weighted by Crippen LogP contribution is 2.45. The maximum Gasteiger partial charge on any atom is 0.00925 e. The van der Waals surface area contributed by atoms with Gasteiger partial charge in [0.25, 0.3) is 0 Å². The Kier molecular flexibility index (Phi) is 12.8. The minimum absolute atomic E-state index is 0.118. The molecule has 0 radical (unpaired) electrons. The molecule has 1 aliphatic rings. The third kappa shape index (κ3) is 10.1. The number of benzene rings is 10. The van der Waals surface area contributed by atoms with Gasteiger partial charge in [0.15, 0.2) is 0 Å². The number of nitrogens with zero attached hydrogens (tertiary/aromatic N) is 1. The molecule has 2 unspecified atom stereocenters. The molecular weight excluding hydrogens is 831 g/mol. The Labute approximate surface area is 408 Å². The lowest BCUT2D eigenvalue weighted by atomic mass is 9.84. The molecule has 1 heterocycles. The first-order chi connectivity index (χ1) is 34.2. The maximum atomic E-state index is 5.31. The summed E-state index contributed by atoms with van der Waals surface area (Å²) < 4.78 is 0. The molecule has 0 aliphatic carbocycles. The van der Waals surface area contributed by atoms with Crippen LogP contribution in [0.1, 0.15) is 64.1 Å². The van der Waals surface area contributed by atoms with Crippen LogP contribution in [0.3, 0.4) is 0 Å². The fourth-order valence-corrected chi connectivity index (χ4v) is 10.1. The Hall–Kier alpha value is -8.26. The van der Waals surface area contributed by atoms with E-state index >= 15 is 0 Å². The number of hydrogen-bond donors (Lipinski definition) is 0. The number of hydrogen-bond acceptors (Lipinski definition) is 0. The zero-order valence-electron chi connectivity index (χ0n) is 38.8. The van der Waals surface area contributed by atoms with Crippen molar-refractivity contribution in [1.29, 1.82) is 0 Å². The van der Waals surface area contributed by atoms with Crippen LogP contribution in [0.4, 0.5) is 0 Å². The third-order valence-corrected chi connectivity index (χ3v) is 14.0. The summed E-state index contributed by atoms with van der Waals surface area (Å²) in [4.78, 5) is 0. The fraction of sp³-hybridized carbons (Fsp3) is 0.0882. The average Bonchev–Trinajstić information content (AvgIpc) is 3.44. The molecule has 332 valence electrons. The number of aryl methyl sites for hydroxylation is 1. The largest absolute Gasteiger partial charge is 0.678 e. The predicted octanol–water partition coefficient (Wildman–Crippen LogP) is 18.4. The van der Waals surface area contributed by atoms with Gasteiger partial charge in [0.2, 0.25) is 0 Å². The number of rotatable bonds is 13. The summed E-state index contributed by atoms with van der Waals surface area (Å²) in [5.74, 6) is 0.537. The van der Waals surface area contributed by atoms with Crippen LogP contribution in [0, 0.1) is 0 Å². The van der Waals surface area contributed by atoms with Crippen molar-refractivity contribution in [2.45, 2.75) is 37.1 Å². The highest BCUT2D eigenvalue weighted by atomic mass is 14.9. The molecule has 1 heteroatoms. The van der Waals surface area contributed by atoms with Crippen molar-refractivity contribution in [3.63, 3.8) is 0 Å². The lowest BCUT2D eigenvalue weighted by Gasteiger charge is -2.43.